The average Bonchev–Trinajstić information content (AvgIpc) is 3.06. The molecule has 0 saturated carbocycles. The van der Waals surface area contributed by atoms with E-state index >= 15 is 0 Å². The third-order valence-corrected chi connectivity index (χ3v) is 4.00. The van der Waals surface area contributed by atoms with Crippen LogP contribution in [0.25, 0.3) is 22.0 Å². The molecule has 0 atom stereocenters. The Hall–Kier alpha value is -2.75. The summed E-state index contributed by atoms with van der Waals surface area (Å²) in [5.41, 5.74) is 4.18. The minimum Gasteiger partial charge on any atom is -0.493 e. The molecule has 0 unspecified atom stereocenters. The Kier molecular flexibility index (Phi) is 4.85. The third kappa shape index (κ3) is 3.59. The summed E-state index contributed by atoms with van der Waals surface area (Å²) in [6.45, 7) is 2.74. The fraction of sp³-hybridized carbons (Fsp3) is 0.250. The van der Waals surface area contributed by atoms with Gasteiger partial charge < -0.3 is 14.8 Å². The summed E-state index contributed by atoms with van der Waals surface area (Å²) < 4.78 is 5.89. The number of rotatable bonds is 7. The molecule has 4 nitrogen and oxygen atoms in total. The monoisotopic (exact) mass is 323 g/mol. The van der Waals surface area contributed by atoms with Gasteiger partial charge in [-0.2, -0.15) is 0 Å². The molecule has 0 saturated heterocycles. The maximum atomic E-state index is 10.8. The SMILES string of the molecule is CCCOc1ccc(CCC(=O)O)cc1-c1ccc2[nH]ccc2c1. The first-order valence-electron chi connectivity index (χ1n) is 8.22. The van der Waals surface area contributed by atoms with Crippen LogP contribution in [0.15, 0.2) is 48.7 Å². The molecule has 1 aromatic heterocycles. The van der Waals surface area contributed by atoms with Crippen molar-refractivity contribution in [3.8, 4) is 16.9 Å². The molecule has 0 fully saturated rings. The van der Waals surface area contributed by atoms with E-state index in [9.17, 15) is 4.79 Å². The lowest BCUT2D eigenvalue weighted by Gasteiger charge is -2.13. The predicted molar refractivity (Wildman–Crippen MR) is 95.5 cm³/mol. The number of aryl methyl sites for hydroxylation is 1. The average molecular weight is 323 g/mol. The maximum Gasteiger partial charge on any atom is 0.303 e. The number of hydrogen-bond donors (Lipinski definition) is 2. The quantitative estimate of drug-likeness (QED) is 0.666. The molecular weight excluding hydrogens is 302 g/mol. The lowest BCUT2D eigenvalue weighted by atomic mass is 9.99. The second kappa shape index (κ2) is 7.21. The van der Waals surface area contributed by atoms with E-state index in [0.29, 0.717) is 13.0 Å². The molecule has 3 rings (SSSR count). The van der Waals surface area contributed by atoms with Crippen molar-refractivity contribution in [1.29, 1.82) is 0 Å². The van der Waals surface area contributed by atoms with Crippen LogP contribution in [-0.2, 0) is 11.2 Å². The fourth-order valence-electron chi connectivity index (χ4n) is 2.77. The topological polar surface area (TPSA) is 62.3 Å². The lowest BCUT2D eigenvalue weighted by molar-refractivity contribution is -0.136. The minimum atomic E-state index is -0.781. The van der Waals surface area contributed by atoms with Crippen molar-refractivity contribution in [1.82, 2.24) is 4.98 Å². The van der Waals surface area contributed by atoms with Gasteiger partial charge in [-0.05, 0) is 59.7 Å². The van der Waals surface area contributed by atoms with Gasteiger partial charge in [0, 0.05) is 23.7 Å². The van der Waals surface area contributed by atoms with Crippen LogP contribution in [0.4, 0.5) is 0 Å². The van der Waals surface area contributed by atoms with E-state index in [2.05, 4.69) is 30.1 Å². The summed E-state index contributed by atoms with van der Waals surface area (Å²) in [7, 11) is 0. The molecular formula is C20H21NO3. The highest BCUT2D eigenvalue weighted by Gasteiger charge is 2.10. The van der Waals surface area contributed by atoms with Gasteiger partial charge in [0.15, 0.2) is 0 Å². The number of aliphatic carboxylic acids is 1. The number of aromatic nitrogens is 1. The minimum absolute atomic E-state index is 0.130. The Morgan fingerprint density at radius 2 is 2.04 bits per heavy atom. The normalized spacial score (nSPS) is 10.9. The number of fused-ring (bicyclic) bond motifs is 1. The van der Waals surface area contributed by atoms with Crippen molar-refractivity contribution in [3.63, 3.8) is 0 Å². The molecule has 2 N–H and O–H groups in total. The highest BCUT2D eigenvalue weighted by Crippen LogP contribution is 2.33. The number of nitrogens with one attached hydrogen (secondary N) is 1. The van der Waals surface area contributed by atoms with Gasteiger partial charge in [0.2, 0.25) is 0 Å². The molecule has 0 radical (unpaired) electrons. The van der Waals surface area contributed by atoms with Crippen LogP contribution in [0.2, 0.25) is 0 Å². The Labute approximate surface area is 141 Å². The van der Waals surface area contributed by atoms with Gasteiger partial charge in [-0.1, -0.05) is 19.1 Å². The highest BCUT2D eigenvalue weighted by atomic mass is 16.5. The summed E-state index contributed by atoms with van der Waals surface area (Å²) in [5.74, 6) is 0.0578. The predicted octanol–water partition coefficient (Wildman–Crippen LogP) is 4.64. The molecule has 0 aliphatic heterocycles. The molecule has 2 aromatic carbocycles. The van der Waals surface area contributed by atoms with E-state index in [1.54, 1.807) is 0 Å². The third-order valence-electron chi connectivity index (χ3n) is 4.00. The van der Waals surface area contributed by atoms with Crippen molar-refractivity contribution in [2.75, 3.05) is 6.61 Å². The van der Waals surface area contributed by atoms with Gasteiger partial charge in [0.1, 0.15) is 5.75 Å². The molecule has 0 bridgehead atoms. The molecule has 1 heterocycles. The molecule has 124 valence electrons. The summed E-state index contributed by atoms with van der Waals surface area (Å²) >= 11 is 0. The van der Waals surface area contributed by atoms with Crippen molar-refractivity contribution in [3.05, 3.63) is 54.2 Å². The Morgan fingerprint density at radius 3 is 2.83 bits per heavy atom. The van der Waals surface area contributed by atoms with E-state index < -0.39 is 5.97 Å². The van der Waals surface area contributed by atoms with Crippen LogP contribution >= 0.6 is 0 Å². The summed E-state index contributed by atoms with van der Waals surface area (Å²) in [4.78, 5) is 14.0. The number of carbonyl (C=O) groups is 1. The van der Waals surface area contributed by atoms with Crippen LogP contribution < -0.4 is 4.74 Å². The van der Waals surface area contributed by atoms with E-state index in [1.165, 1.54) is 0 Å². The van der Waals surface area contributed by atoms with Crippen molar-refractivity contribution >= 4 is 16.9 Å². The zero-order valence-corrected chi connectivity index (χ0v) is 13.7. The van der Waals surface area contributed by atoms with E-state index in [0.717, 1.165) is 39.8 Å². The maximum absolute atomic E-state index is 10.8. The Morgan fingerprint density at radius 1 is 1.17 bits per heavy atom. The summed E-state index contributed by atoms with van der Waals surface area (Å²) in [6.07, 6.45) is 3.51. The fourth-order valence-corrected chi connectivity index (χ4v) is 2.77. The van der Waals surface area contributed by atoms with Gasteiger partial charge >= 0.3 is 5.97 Å². The van der Waals surface area contributed by atoms with Gasteiger partial charge in [0.25, 0.3) is 0 Å². The molecule has 0 amide bonds. The first kappa shape index (κ1) is 16.1. The Balaban J connectivity index is 1.99. The number of carboxylic acids is 1. The zero-order chi connectivity index (χ0) is 16.9. The van der Waals surface area contributed by atoms with Crippen LogP contribution in [0.1, 0.15) is 25.3 Å². The number of H-pyrrole nitrogens is 1. The second-order valence-electron chi connectivity index (χ2n) is 5.85. The second-order valence-corrected chi connectivity index (χ2v) is 5.85. The molecule has 0 aliphatic carbocycles. The van der Waals surface area contributed by atoms with Crippen molar-refractivity contribution in [2.24, 2.45) is 0 Å². The van der Waals surface area contributed by atoms with Crippen molar-refractivity contribution in [2.45, 2.75) is 26.2 Å². The van der Waals surface area contributed by atoms with E-state index in [1.807, 2.05) is 30.5 Å². The molecule has 4 heteroatoms. The molecule has 24 heavy (non-hydrogen) atoms. The first-order chi connectivity index (χ1) is 11.7. The van der Waals surface area contributed by atoms with Crippen LogP contribution in [0, 0.1) is 0 Å². The van der Waals surface area contributed by atoms with E-state index in [-0.39, 0.29) is 6.42 Å². The van der Waals surface area contributed by atoms with Gasteiger partial charge in [0.05, 0.1) is 6.61 Å². The number of benzene rings is 2. The lowest BCUT2D eigenvalue weighted by Crippen LogP contribution is -2.00. The number of carboxylic acid groups (broad SMARTS) is 1. The molecule has 0 spiro atoms. The van der Waals surface area contributed by atoms with Crippen LogP contribution in [0.3, 0.4) is 0 Å². The van der Waals surface area contributed by atoms with Gasteiger partial charge in [-0.15, -0.1) is 0 Å². The number of aromatic amines is 1. The largest absolute Gasteiger partial charge is 0.493 e. The highest BCUT2D eigenvalue weighted by molar-refractivity contribution is 5.86. The number of ether oxygens (including phenoxy) is 1. The van der Waals surface area contributed by atoms with Crippen LogP contribution in [-0.4, -0.2) is 22.7 Å². The molecule has 0 aliphatic rings. The summed E-state index contributed by atoms with van der Waals surface area (Å²) in [5, 5.41) is 10.0. The van der Waals surface area contributed by atoms with Crippen molar-refractivity contribution < 1.29 is 14.6 Å². The van der Waals surface area contributed by atoms with Gasteiger partial charge in [-0.3, -0.25) is 4.79 Å². The van der Waals surface area contributed by atoms with Crippen LogP contribution in [0.5, 0.6) is 5.75 Å². The van der Waals surface area contributed by atoms with E-state index in [4.69, 9.17) is 9.84 Å². The molecule has 3 aromatic rings. The van der Waals surface area contributed by atoms with Gasteiger partial charge in [-0.25, -0.2) is 0 Å². The smallest absolute Gasteiger partial charge is 0.303 e. The standard InChI is InChI=1S/C20H21NO3/c1-2-11-24-19-7-3-14(4-8-20(22)23)12-17(19)15-5-6-18-16(13-15)9-10-21-18/h3,5-7,9-10,12-13,21H,2,4,8,11H2,1H3,(H,22,23). The number of hydrogen-bond acceptors (Lipinski definition) is 2. The first-order valence-corrected chi connectivity index (χ1v) is 8.22. The Bertz CT molecular complexity index is 851. The zero-order valence-electron chi connectivity index (χ0n) is 13.7. The summed E-state index contributed by atoms with van der Waals surface area (Å²) in [6, 6.07) is 14.2.